The number of hydrogen-bond acceptors (Lipinski definition) is 5. The average Bonchev–Trinajstić information content (AvgIpc) is 2.27. The molecular formula is C10H10O5S. The second-order valence-corrected chi connectivity index (χ2v) is 5.40. The van der Waals surface area contributed by atoms with Crippen LogP contribution in [-0.2, 0) is 14.6 Å². The number of methoxy groups -OCH3 is 1. The van der Waals surface area contributed by atoms with Gasteiger partial charge in [-0.3, -0.25) is 0 Å². The van der Waals surface area contributed by atoms with Crippen molar-refractivity contribution in [2.24, 2.45) is 0 Å². The van der Waals surface area contributed by atoms with Gasteiger partial charge in [0.05, 0.1) is 18.4 Å². The molecule has 16 heavy (non-hydrogen) atoms. The molecular weight excluding hydrogens is 232 g/mol. The monoisotopic (exact) mass is 242 g/mol. The van der Waals surface area contributed by atoms with E-state index in [4.69, 9.17) is 4.74 Å². The number of carbonyl (C=O) groups excluding carboxylic acids is 1. The van der Waals surface area contributed by atoms with E-state index in [1.165, 1.54) is 25.3 Å². The van der Waals surface area contributed by atoms with Gasteiger partial charge in [0.2, 0.25) is 0 Å². The Labute approximate surface area is 92.9 Å². The predicted molar refractivity (Wildman–Crippen MR) is 55.3 cm³/mol. The van der Waals surface area contributed by atoms with Gasteiger partial charge >= 0.3 is 5.97 Å². The maximum Gasteiger partial charge on any atom is 0.337 e. The van der Waals surface area contributed by atoms with Gasteiger partial charge in [-0.05, 0) is 18.2 Å². The molecule has 6 heteroatoms. The van der Waals surface area contributed by atoms with Crippen molar-refractivity contribution in [1.82, 2.24) is 0 Å². The molecule has 0 N–H and O–H groups in total. The first kappa shape index (κ1) is 10.9. The van der Waals surface area contributed by atoms with Gasteiger partial charge < -0.3 is 9.47 Å². The summed E-state index contributed by atoms with van der Waals surface area (Å²) in [5.41, 5.74) is 0.204. The van der Waals surface area contributed by atoms with Gasteiger partial charge in [0, 0.05) is 0 Å². The predicted octanol–water partition coefficient (Wildman–Crippen LogP) is 0.639. The fourth-order valence-electron chi connectivity index (χ4n) is 1.49. The number of ether oxygens (including phenoxy) is 2. The van der Waals surface area contributed by atoms with Crippen LogP contribution in [0.4, 0.5) is 0 Å². The minimum atomic E-state index is -3.34. The number of rotatable bonds is 1. The molecule has 86 valence electrons. The van der Waals surface area contributed by atoms with Gasteiger partial charge in [-0.15, -0.1) is 0 Å². The van der Waals surface area contributed by atoms with Gasteiger partial charge in [0.25, 0.3) is 0 Å². The second kappa shape index (κ2) is 3.79. The SMILES string of the molecule is COC(=O)c1ccc2c(c1)S(=O)(=O)CCO2. The summed E-state index contributed by atoms with van der Waals surface area (Å²) in [6.07, 6.45) is 0. The largest absolute Gasteiger partial charge is 0.491 e. The molecule has 1 aliphatic heterocycles. The minimum absolute atomic E-state index is 0.0571. The van der Waals surface area contributed by atoms with Crippen molar-refractivity contribution in [3.63, 3.8) is 0 Å². The van der Waals surface area contributed by atoms with Gasteiger partial charge in [0.1, 0.15) is 17.3 Å². The quantitative estimate of drug-likeness (QED) is 0.676. The number of fused-ring (bicyclic) bond motifs is 1. The summed E-state index contributed by atoms with van der Waals surface area (Å²) >= 11 is 0. The van der Waals surface area contributed by atoms with E-state index < -0.39 is 15.8 Å². The Morgan fingerprint density at radius 2 is 2.19 bits per heavy atom. The molecule has 5 nitrogen and oxygen atoms in total. The van der Waals surface area contributed by atoms with Crippen LogP contribution >= 0.6 is 0 Å². The van der Waals surface area contributed by atoms with Gasteiger partial charge in [-0.1, -0.05) is 0 Å². The van der Waals surface area contributed by atoms with Crippen LogP contribution in [0.5, 0.6) is 5.75 Å². The lowest BCUT2D eigenvalue weighted by atomic mass is 10.2. The Hall–Kier alpha value is -1.56. The molecule has 1 aliphatic rings. The number of carbonyl (C=O) groups is 1. The first-order chi connectivity index (χ1) is 7.54. The van der Waals surface area contributed by atoms with Gasteiger partial charge in [0.15, 0.2) is 9.84 Å². The van der Waals surface area contributed by atoms with E-state index in [1.54, 1.807) is 0 Å². The lowest BCUT2D eigenvalue weighted by Crippen LogP contribution is -2.21. The molecule has 1 aromatic carbocycles. The summed E-state index contributed by atoms with van der Waals surface area (Å²) in [5, 5.41) is 0. The van der Waals surface area contributed by atoms with Crippen LogP contribution in [0, 0.1) is 0 Å². The van der Waals surface area contributed by atoms with Crippen molar-refractivity contribution in [1.29, 1.82) is 0 Å². The standard InChI is InChI=1S/C10H10O5S/c1-14-10(11)7-2-3-8-9(6-7)16(12,13)5-4-15-8/h2-3,6H,4-5H2,1H3. The number of esters is 1. The molecule has 0 saturated carbocycles. The van der Waals surface area contributed by atoms with E-state index in [9.17, 15) is 13.2 Å². The van der Waals surface area contributed by atoms with E-state index in [-0.39, 0.29) is 22.8 Å². The van der Waals surface area contributed by atoms with Crippen molar-refractivity contribution < 1.29 is 22.7 Å². The van der Waals surface area contributed by atoms with Crippen molar-refractivity contribution in [2.45, 2.75) is 4.90 Å². The highest BCUT2D eigenvalue weighted by Gasteiger charge is 2.26. The minimum Gasteiger partial charge on any atom is -0.491 e. The van der Waals surface area contributed by atoms with Crippen LogP contribution < -0.4 is 4.74 Å². The molecule has 0 bridgehead atoms. The highest BCUT2D eigenvalue weighted by Crippen LogP contribution is 2.29. The Balaban J connectivity index is 2.56. The third kappa shape index (κ3) is 1.76. The first-order valence-corrected chi connectivity index (χ1v) is 6.28. The normalized spacial score (nSPS) is 17.1. The maximum atomic E-state index is 11.7. The molecule has 0 atom stereocenters. The zero-order valence-electron chi connectivity index (χ0n) is 8.60. The van der Waals surface area contributed by atoms with Crippen LogP contribution in [-0.4, -0.2) is 33.9 Å². The van der Waals surface area contributed by atoms with Crippen LogP contribution in [0.3, 0.4) is 0 Å². The molecule has 1 aromatic rings. The molecule has 0 aromatic heterocycles. The smallest absolute Gasteiger partial charge is 0.337 e. The van der Waals surface area contributed by atoms with Crippen molar-refractivity contribution in [3.8, 4) is 5.75 Å². The molecule has 0 aliphatic carbocycles. The van der Waals surface area contributed by atoms with Crippen molar-refractivity contribution in [3.05, 3.63) is 23.8 Å². The molecule has 0 amide bonds. The highest BCUT2D eigenvalue weighted by molar-refractivity contribution is 7.91. The number of sulfone groups is 1. The topological polar surface area (TPSA) is 69.7 Å². The highest BCUT2D eigenvalue weighted by atomic mass is 32.2. The Morgan fingerprint density at radius 3 is 2.88 bits per heavy atom. The van der Waals surface area contributed by atoms with Crippen molar-refractivity contribution >= 4 is 15.8 Å². The zero-order chi connectivity index (χ0) is 11.8. The Kier molecular flexibility index (Phi) is 2.59. The van der Waals surface area contributed by atoms with Crippen LogP contribution in [0.2, 0.25) is 0 Å². The number of benzene rings is 1. The first-order valence-electron chi connectivity index (χ1n) is 4.62. The third-order valence-corrected chi connectivity index (χ3v) is 4.00. The van der Waals surface area contributed by atoms with E-state index in [2.05, 4.69) is 4.74 Å². The molecule has 0 spiro atoms. The number of hydrogen-bond donors (Lipinski definition) is 0. The van der Waals surface area contributed by atoms with E-state index in [1.807, 2.05) is 0 Å². The molecule has 0 unspecified atom stereocenters. The zero-order valence-corrected chi connectivity index (χ0v) is 9.41. The summed E-state index contributed by atoms with van der Waals surface area (Å²) < 4.78 is 33.1. The lowest BCUT2D eigenvalue weighted by Gasteiger charge is -2.17. The summed E-state index contributed by atoms with van der Waals surface area (Å²) in [6, 6.07) is 4.24. The fraction of sp³-hybridized carbons (Fsp3) is 0.300. The third-order valence-electron chi connectivity index (χ3n) is 2.31. The lowest BCUT2D eigenvalue weighted by molar-refractivity contribution is 0.0600. The van der Waals surface area contributed by atoms with Crippen LogP contribution in [0.1, 0.15) is 10.4 Å². The van der Waals surface area contributed by atoms with Gasteiger partial charge in [-0.2, -0.15) is 0 Å². The molecule has 1 heterocycles. The van der Waals surface area contributed by atoms with Crippen LogP contribution in [0.15, 0.2) is 23.1 Å². The van der Waals surface area contributed by atoms with Gasteiger partial charge in [-0.25, -0.2) is 13.2 Å². The van der Waals surface area contributed by atoms with Crippen LogP contribution in [0.25, 0.3) is 0 Å². The fourth-order valence-corrected chi connectivity index (χ4v) is 2.75. The van der Waals surface area contributed by atoms with E-state index >= 15 is 0 Å². The average molecular weight is 242 g/mol. The molecule has 0 fully saturated rings. The summed E-state index contributed by atoms with van der Waals surface area (Å²) in [4.78, 5) is 11.3. The van der Waals surface area contributed by atoms with E-state index in [0.717, 1.165) is 0 Å². The molecule has 2 rings (SSSR count). The van der Waals surface area contributed by atoms with Crippen molar-refractivity contribution in [2.75, 3.05) is 19.5 Å². The Morgan fingerprint density at radius 1 is 1.44 bits per heavy atom. The maximum absolute atomic E-state index is 11.7. The summed E-state index contributed by atoms with van der Waals surface area (Å²) in [5.74, 6) is -0.340. The summed E-state index contributed by atoms with van der Waals surface area (Å²) in [7, 11) is -2.10. The van der Waals surface area contributed by atoms with E-state index in [0.29, 0.717) is 5.75 Å². The summed E-state index contributed by atoms with van der Waals surface area (Å²) in [6.45, 7) is 0.146. The molecule has 0 radical (unpaired) electrons. The second-order valence-electron chi connectivity index (χ2n) is 3.32. The molecule has 0 saturated heterocycles. The Bertz CT molecular complexity index is 532.